The fourth-order valence-electron chi connectivity index (χ4n) is 0. The van der Waals surface area contributed by atoms with Crippen molar-refractivity contribution in [3.05, 3.63) is 0 Å². The van der Waals surface area contributed by atoms with E-state index in [9.17, 15) is 0 Å². The fraction of sp³-hybridized carbons (Fsp3) is 0. The minimum atomic E-state index is -3.13. The van der Waals surface area contributed by atoms with Gasteiger partial charge in [0.1, 0.15) is 0 Å². The van der Waals surface area contributed by atoms with Gasteiger partial charge in [0.15, 0.2) is 0 Å². The van der Waals surface area contributed by atoms with E-state index < -0.39 is 82.5 Å². The zero-order chi connectivity index (χ0) is 32.2. The number of hydrogen-bond donors (Lipinski definition) is 18. The number of hydrogen-bond acceptors (Lipinski definition) is 9. The van der Waals surface area contributed by atoms with Crippen LogP contribution in [0, 0.1) is 0 Å². The molecule has 0 fully saturated rings. The summed E-state index contributed by atoms with van der Waals surface area (Å²) in [6, 6.07) is 0. The first-order chi connectivity index (χ1) is 15.6. The molecule has 18 N–H and O–H groups in total. The molecule has 0 aromatic heterocycles. The van der Waals surface area contributed by atoms with E-state index in [0.29, 0.717) is 0 Å². The Kier molecular flexibility index (Phi) is 345. The first-order valence-electron chi connectivity index (χ1n) is 5.86. The maximum Gasteiger partial charge on any atom is 1.00 e. The molecule has 0 atom stereocenters. The van der Waals surface area contributed by atoms with E-state index in [-0.39, 0.29) is 341 Å². The Morgan fingerprint density at radius 2 is 0.170 bits per heavy atom. The van der Waals surface area contributed by atoms with E-state index in [1.807, 2.05) is 0 Å². The molecule has 0 spiro atoms. The molecule has 0 aliphatic carbocycles. The molecule has 0 unspecified atom stereocenters. The van der Waals surface area contributed by atoms with E-state index in [2.05, 4.69) is 0 Å². The summed E-state index contributed by atoms with van der Waals surface area (Å²) in [5.74, 6) is 0. The van der Waals surface area contributed by atoms with Crippen LogP contribution in [0.25, 0.3) is 0 Å². The molecule has 0 saturated heterocycles. The average molecular weight is 967 g/mol. The molecular formula is H29Na11O27Si9. The Morgan fingerprint density at radius 1 is 0.170 bits per heavy atom. The summed E-state index contributed by atoms with van der Waals surface area (Å²) in [6.07, 6.45) is 0. The van der Waals surface area contributed by atoms with Crippen LogP contribution in [0.3, 0.4) is 0 Å². The van der Waals surface area contributed by atoms with Gasteiger partial charge in [-0.1, -0.05) is 0 Å². The van der Waals surface area contributed by atoms with Gasteiger partial charge < -0.3 is 102 Å². The van der Waals surface area contributed by atoms with E-state index in [1.165, 1.54) is 0 Å². The summed E-state index contributed by atoms with van der Waals surface area (Å²) < 4.78 is 78.7. The molecule has 0 rings (SSSR count). The molecule has 0 radical (unpaired) electrons. The van der Waals surface area contributed by atoms with E-state index >= 15 is 0 Å². The molecule has 238 valence electrons. The van der Waals surface area contributed by atoms with Gasteiger partial charge in [0.2, 0.25) is 0 Å². The van der Waals surface area contributed by atoms with Crippen molar-refractivity contribution in [3.8, 4) is 0 Å². The van der Waals surface area contributed by atoms with Crippen LogP contribution >= 0.6 is 0 Å². The summed E-state index contributed by atoms with van der Waals surface area (Å²) in [5, 5.41) is 0. The normalized spacial score (nSPS) is 4.60. The Labute approximate surface area is 538 Å². The molecule has 0 amide bonds. The summed E-state index contributed by atoms with van der Waals surface area (Å²) in [6.45, 7) is 0. The predicted octanol–water partition coefficient (Wildman–Crippen LogP) is -46.2. The van der Waals surface area contributed by atoms with Crippen LogP contribution < -0.4 is 325 Å². The largest absolute Gasteiger partial charge is 1.00 e. The SMILES string of the molecule is O=[Si](O)O.O=[Si](O)O.O=[Si](O)O.O=[Si](O)O.O=[Si](O)O.O=[Si](O)O.O=[Si](O)O.O=[Si](O)O.O=[Si](O)O.[H-].[H-].[H-].[H-].[H-].[H-].[H-].[H-].[H-].[H-].[H-].[Na+].[Na+].[Na+].[Na+].[Na+].[Na+].[Na+].[Na+].[Na+].[Na+].[Na+]. The van der Waals surface area contributed by atoms with Gasteiger partial charge in [0.25, 0.3) is 0 Å². The molecule has 27 nitrogen and oxygen atoms in total. The summed E-state index contributed by atoms with van der Waals surface area (Å²) >= 11 is 0. The van der Waals surface area contributed by atoms with Crippen molar-refractivity contribution in [2.45, 2.75) is 0 Å². The first kappa shape index (κ1) is 131. The topological polar surface area (TPSA) is 518 Å². The summed E-state index contributed by atoms with van der Waals surface area (Å²) in [5.41, 5.74) is 0. The molecule has 0 aliphatic heterocycles. The van der Waals surface area contributed by atoms with Gasteiger partial charge in [-0.25, -0.2) is 0 Å². The molecule has 0 saturated carbocycles. The summed E-state index contributed by atoms with van der Waals surface area (Å²) in [4.78, 5) is 129. The van der Waals surface area contributed by atoms with Crippen LogP contribution in [0.1, 0.15) is 15.7 Å². The second kappa shape index (κ2) is 124. The van der Waals surface area contributed by atoms with Crippen LogP contribution in [0.5, 0.6) is 0 Å². The third-order valence-electron chi connectivity index (χ3n) is 0. The molecule has 0 heterocycles. The van der Waals surface area contributed by atoms with Crippen LogP contribution in [0.15, 0.2) is 0 Å². The molecule has 47 heteroatoms. The average Bonchev–Trinajstić information content (AvgIpc) is 2.39. The van der Waals surface area contributed by atoms with Gasteiger partial charge in [-0.3, -0.25) is 40.2 Å². The molecule has 0 aromatic carbocycles. The zero-order valence-corrected chi connectivity index (χ0v) is 58.2. The Hall–Kier alpha value is 7.55. The maximum absolute atomic E-state index is 8.74. The maximum atomic E-state index is 8.74. The van der Waals surface area contributed by atoms with Gasteiger partial charge in [0, 0.05) is 0 Å². The quantitative estimate of drug-likeness (QED) is 0.100. The minimum absolute atomic E-state index is 0. The van der Waals surface area contributed by atoms with Crippen LogP contribution in [0.4, 0.5) is 0 Å². The standard InChI is InChI=1S/11Na.9H2O3Si.11H/c;;;;;;;;;;;9*1-4(2)3;;;;;;;;;;;/h;;;;;;;;;;;9*1-2H;;;;;;;;;;;/q11*+1;;;;;;;;;;11*-1. The van der Waals surface area contributed by atoms with Gasteiger partial charge in [-0.2, -0.15) is 0 Å². The van der Waals surface area contributed by atoms with Crippen molar-refractivity contribution >= 4 is 82.5 Å². The van der Waals surface area contributed by atoms with E-state index in [1.54, 1.807) is 0 Å². The van der Waals surface area contributed by atoms with Crippen LogP contribution in [-0.2, 0) is 40.2 Å². The predicted molar refractivity (Wildman–Crippen MR) is 110 cm³/mol. The van der Waals surface area contributed by atoms with Crippen molar-refractivity contribution in [1.29, 1.82) is 0 Å². The van der Waals surface area contributed by atoms with Crippen molar-refractivity contribution in [2.24, 2.45) is 0 Å². The van der Waals surface area contributed by atoms with Crippen molar-refractivity contribution < 1.29 is 467 Å². The third kappa shape index (κ3) is 2500. The summed E-state index contributed by atoms with van der Waals surface area (Å²) in [7, 11) is -28.2. The van der Waals surface area contributed by atoms with E-state index in [4.69, 9.17) is 126 Å². The van der Waals surface area contributed by atoms with Crippen LogP contribution in [-0.4, -0.2) is 169 Å². The monoisotopic (exact) mass is 966 g/mol. The molecule has 0 bridgehead atoms. The van der Waals surface area contributed by atoms with Gasteiger partial charge in [-0.05, 0) is 0 Å². The Bertz CT molecular complexity index is 485. The second-order valence-electron chi connectivity index (χ2n) is 2.54. The molecular weight excluding hydrogens is 938 g/mol. The van der Waals surface area contributed by atoms with Crippen molar-refractivity contribution in [1.82, 2.24) is 0 Å². The first-order valence-corrected chi connectivity index (χ1v) is 17.6. The molecule has 47 heavy (non-hydrogen) atoms. The van der Waals surface area contributed by atoms with Crippen LogP contribution in [0.2, 0.25) is 0 Å². The smallest absolute Gasteiger partial charge is 1.00 e. The zero-order valence-electron chi connectivity index (χ0n) is 38.2. The Morgan fingerprint density at radius 3 is 0.170 bits per heavy atom. The number of rotatable bonds is 0. The van der Waals surface area contributed by atoms with Crippen molar-refractivity contribution in [3.63, 3.8) is 0 Å². The second-order valence-corrected chi connectivity index (χ2v) is 7.63. The van der Waals surface area contributed by atoms with Gasteiger partial charge in [0.05, 0.1) is 0 Å². The fourth-order valence-corrected chi connectivity index (χ4v) is 0. The molecule has 0 aromatic rings. The third-order valence-corrected chi connectivity index (χ3v) is 0. The van der Waals surface area contributed by atoms with Crippen molar-refractivity contribution in [2.75, 3.05) is 0 Å². The Balaban J connectivity index is -0.00000000466. The molecule has 0 aliphatic rings. The van der Waals surface area contributed by atoms with Gasteiger partial charge in [-0.15, -0.1) is 0 Å². The van der Waals surface area contributed by atoms with Gasteiger partial charge >= 0.3 is 408 Å². The van der Waals surface area contributed by atoms with E-state index in [0.717, 1.165) is 0 Å². The minimum Gasteiger partial charge on any atom is -1.00 e.